The van der Waals surface area contributed by atoms with Gasteiger partial charge in [-0.2, -0.15) is 0 Å². The Morgan fingerprint density at radius 3 is 1.56 bits per heavy atom. The summed E-state index contributed by atoms with van der Waals surface area (Å²) >= 11 is 6.53. The molecule has 0 aliphatic carbocycles. The molecule has 4 aromatic rings. The Labute approximate surface area is 395 Å². The highest BCUT2D eigenvalue weighted by Crippen LogP contribution is 2.29. The zero-order valence-electron chi connectivity index (χ0n) is 36.7. The molecule has 4 aromatic carbocycles. The molecule has 2 saturated heterocycles. The Morgan fingerprint density at radius 1 is 0.667 bits per heavy atom. The van der Waals surface area contributed by atoms with E-state index in [1.54, 1.807) is 53.4 Å². The minimum atomic E-state index is -3.76. The van der Waals surface area contributed by atoms with E-state index in [0.717, 1.165) is 60.0 Å². The van der Waals surface area contributed by atoms with E-state index in [2.05, 4.69) is 49.3 Å². The molecule has 2 atom stereocenters. The van der Waals surface area contributed by atoms with Gasteiger partial charge in [0, 0.05) is 64.6 Å². The van der Waals surface area contributed by atoms with Crippen LogP contribution in [0.1, 0.15) is 67.2 Å². The minimum absolute atomic E-state index is 0.00620. The molecular formula is C46H59Br2ClN4O8S2. The van der Waals surface area contributed by atoms with Crippen LogP contribution >= 0.6 is 42.5 Å². The first-order valence-corrected chi connectivity index (χ1v) is 26.1. The zero-order chi connectivity index (χ0) is 46.4. The molecule has 0 aromatic heterocycles. The maximum Gasteiger partial charge on any atom is 0.410 e. The van der Waals surface area contributed by atoms with Gasteiger partial charge in [-0.25, -0.2) is 26.4 Å². The van der Waals surface area contributed by atoms with Gasteiger partial charge in [-0.3, -0.25) is 4.31 Å². The molecule has 2 aliphatic rings. The minimum Gasteiger partial charge on any atom is -0.444 e. The highest BCUT2D eigenvalue weighted by atomic mass is 79.9. The third-order valence-corrected chi connectivity index (χ3v) is 13.9. The number of sulfonamides is 1. The van der Waals surface area contributed by atoms with Crippen molar-refractivity contribution in [3.63, 3.8) is 0 Å². The van der Waals surface area contributed by atoms with Crippen molar-refractivity contribution in [1.82, 2.24) is 9.80 Å². The van der Waals surface area contributed by atoms with Crippen LogP contribution in [0.5, 0.6) is 0 Å². The summed E-state index contributed by atoms with van der Waals surface area (Å²) in [4.78, 5) is 28.5. The topological polar surface area (TPSA) is 143 Å². The lowest BCUT2D eigenvalue weighted by atomic mass is 9.98. The number of piperidine rings is 2. The summed E-state index contributed by atoms with van der Waals surface area (Å²) in [5, 5.41) is 3.44. The fourth-order valence-electron chi connectivity index (χ4n) is 6.75. The molecule has 2 unspecified atom stereocenters. The van der Waals surface area contributed by atoms with E-state index in [-0.39, 0.29) is 27.9 Å². The van der Waals surface area contributed by atoms with Crippen molar-refractivity contribution >= 4 is 85.2 Å². The number of para-hydroxylation sites is 2. The molecule has 63 heavy (non-hydrogen) atoms. The maximum absolute atomic E-state index is 13.5. The fraction of sp³-hybridized carbons (Fsp3) is 0.435. The van der Waals surface area contributed by atoms with Crippen molar-refractivity contribution in [3.8, 4) is 0 Å². The normalized spacial score (nSPS) is 16.9. The molecule has 12 nitrogen and oxygen atoms in total. The molecule has 0 bridgehead atoms. The average molecular weight is 1060 g/mol. The number of hydrogen-bond donors (Lipinski definition) is 1. The number of halogens is 3. The van der Waals surface area contributed by atoms with Gasteiger partial charge in [0.15, 0.2) is 0 Å². The smallest absolute Gasteiger partial charge is 0.410 e. The van der Waals surface area contributed by atoms with E-state index in [0.29, 0.717) is 31.2 Å². The van der Waals surface area contributed by atoms with Crippen LogP contribution in [0.25, 0.3) is 0 Å². The van der Waals surface area contributed by atoms with E-state index in [4.69, 9.17) is 20.2 Å². The highest BCUT2D eigenvalue weighted by Gasteiger charge is 2.33. The van der Waals surface area contributed by atoms with Crippen LogP contribution in [0.2, 0.25) is 0 Å². The number of amides is 2. The molecule has 17 heteroatoms. The summed E-state index contributed by atoms with van der Waals surface area (Å²) in [6, 6.07) is 32.1. The second kappa shape index (κ2) is 23.4. The molecule has 1 N–H and O–H groups in total. The Balaban J connectivity index is 0.000000233. The van der Waals surface area contributed by atoms with Crippen LogP contribution in [-0.2, 0) is 28.5 Å². The third-order valence-electron chi connectivity index (χ3n) is 9.68. The molecule has 6 rings (SSSR count). The molecule has 0 saturated carbocycles. The number of hydrogen-bond acceptors (Lipinski definition) is 9. The van der Waals surface area contributed by atoms with E-state index in [1.165, 1.54) is 16.4 Å². The van der Waals surface area contributed by atoms with Crippen molar-refractivity contribution < 1.29 is 35.9 Å². The summed E-state index contributed by atoms with van der Waals surface area (Å²) in [6.45, 7) is 15.1. The predicted octanol–water partition coefficient (Wildman–Crippen LogP) is 11.4. The van der Waals surface area contributed by atoms with Crippen molar-refractivity contribution in [2.45, 2.75) is 88.2 Å². The molecule has 0 spiro atoms. The van der Waals surface area contributed by atoms with Crippen molar-refractivity contribution in [2.24, 2.45) is 11.8 Å². The molecule has 0 radical (unpaired) electrons. The highest BCUT2D eigenvalue weighted by molar-refractivity contribution is 9.10. The van der Waals surface area contributed by atoms with E-state index >= 15 is 0 Å². The van der Waals surface area contributed by atoms with Crippen LogP contribution in [0.4, 0.5) is 21.0 Å². The average Bonchev–Trinajstić information content (AvgIpc) is 3.22. The first-order chi connectivity index (χ1) is 29.5. The molecule has 2 fully saturated rings. The Kier molecular flexibility index (Phi) is 19.2. The number of likely N-dealkylation sites (tertiary alicyclic amines) is 2. The van der Waals surface area contributed by atoms with E-state index in [9.17, 15) is 26.4 Å². The van der Waals surface area contributed by atoms with Gasteiger partial charge < -0.3 is 24.6 Å². The lowest BCUT2D eigenvalue weighted by Crippen LogP contribution is -2.46. The fourth-order valence-corrected chi connectivity index (χ4v) is 9.59. The molecular weight excluding hydrogens is 996 g/mol. The standard InChI is InChI=1S/C23H29BrN2O4S.C17H26N2O2.C6H4BrClO2S/c1-23(2,3)30-22(27)25-15-7-8-18(16-25)17-26(20-9-5-4-6-10-20)31(28,29)21-13-11-19(24)12-14-21;1-17(2,3)21-16(20)19-11-7-8-14(13-19)12-18-15-9-5-4-6-10-15;7-5-1-3-6(4-2-5)11(8,9)10/h4-6,9-14,18H,7-8,15-17H2,1-3H3;4-6,9-10,14,18H,7-8,11-13H2,1-3H3;1-4H. The number of nitrogens with one attached hydrogen (secondary N) is 1. The van der Waals surface area contributed by atoms with Crippen molar-refractivity contribution in [1.29, 1.82) is 0 Å². The number of nitrogens with zero attached hydrogens (tertiary/aromatic N) is 3. The summed E-state index contributed by atoms with van der Waals surface area (Å²) in [6.07, 6.45) is 3.31. The molecule has 2 amide bonds. The van der Waals surface area contributed by atoms with E-state index in [1.807, 2.05) is 82.8 Å². The largest absolute Gasteiger partial charge is 0.444 e. The van der Waals surface area contributed by atoms with Gasteiger partial charge in [0.05, 0.1) is 15.5 Å². The van der Waals surface area contributed by atoms with Crippen LogP contribution in [-0.4, -0.2) is 89.3 Å². The maximum atomic E-state index is 13.5. The van der Waals surface area contributed by atoms with Gasteiger partial charge in [-0.05, 0) is 152 Å². The summed E-state index contributed by atoms with van der Waals surface area (Å²) < 4.78 is 62.5. The Hall–Kier alpha value is -3.83. The number of carbonyl (C=O) groups is 2. The zero-order valence-corrected chi connectivity index (χ0v) is 42.2. The quantitative estimate of drug-likeness (QED) is 0.162. The third kappa shape index (κ3) is 17.9. The van der Waals surface area contributed by atoms with Gasteiger partial charge >= 0.3 is 12.2 Å². The summed E-state index contributed by atoms with van der Waals surface area (Å²) in [5.41, 5.74) is 0.754. The van der Waals surface area contributed by atoms with Crippen LogP contribution in [0.15, 0.2) is 128 Å². The Morgan fingerprint density at radius 2 is 1.10 bits per heavy atom. The van der Waals surface area contributed by atoms with Gasteiger partial charge in [0.2, 0.25) is 0 Å². The summed E-state index contributed by atoms with van der Waals surface area (Å²) in [7, 11) is -2.26. The lowest BCUT2D eigenvalue weighted by molar-refractivity contribution is 0.0162. The summed E-state index contributed by atoms with van der Waals surface area (Å²) in [5.74, 6) is 0.484. The molecule has 2 heterocycles. The van der Waals surface area contributed by atoms with Gasteiger partial charge in [0.1, 0.15) is 11.2 Å². The number of benzene rings is 4. The van der Waals surface area contributed by atoms with Crippen molar-refractivity contribution in [3.05, 3.63) is 118 Å². The van der Waals surface area contributed by atoms with Gasteiger partial charge in [0.25, 0.3) is 19.1 Å². The monoisotopic (exact) mass is 1050 g/mol. The second-order valence-electron chi connectivity index (χ2n) is 17.3. The SMILES string of the molecule is CC(C)(C)OC(=O)N1CCCC(CN(c2ccccc2)S(=O)(=O)c2ccc(Br)cc2)C1.CC(C)(C)OC(=O)N1CCCC(CNc2ccccc2)C1.O=S(=O)(Cl)c1ccc(Br)cc1. The van der Waals surface area contributed by atoms with Crippen molar-refractivity contribution in [2.75, 3.05) is 48.9 Å². The van der Waals surface area contributed by atoms with Gasteiger partial charge in [-0.1, -0.05) is 68.3 Å². The molecule has 2 aliphatic heterocycles. The lowest BCUT2D eigenvalue weighted by Gasteiger charge is -2.36. The molecule has 344 valence electrons. The Bertz CT molecular complexity index is 2280. The first-order valence-electron chi connectivity index (χ1n) is 20.8. The second-order valence-corrected chi connectivity index (χ2v) is 23.6. The van der Waals surface area contributed by atoms with E-state index < -0.39 is 30.3 Å². The van der Waals surface area contributed by atoms with Crippen LogP contribution in [0, 0.1) is 11.8 Å². The van der Waals surface area contributed by atoms with Crippen LogP contribution < -0.4 is 9.62 Å². The number of ether oxygens (including phenoxy) is 2. The number of carbonyl (C=O) groups excluding carboxylic acids is 2. The number of anilines is 2. The predicted molar refractivity (Wildman–Crippen MR) is 258 cm³/mol. The van der Waals surface area contributed by atoms with Crippen LogP contribution in [0.3, 0.4) is 0 Å². The first kappa shape index (κ1) is 51.8. The van der Waals surface area contributed by atoms with Gasteiger partial charge in [-0.15, -0.1) is 0 Å². The number of rotatable bonds is 9.